The van der Waals surface area contributed by atoms with E-state index in [0.717, 1.165) is 18.2 Å². The second kappa shape index (κ2) is 4.38. The van der Waals surface area contributed by atoms with Gasteiger partial charge in [0.1, 0.15) is 12.4 Å². The van der Waals surface area contributed by atoms with Crippen LogP contribution in [0.1, 0.15) is 10.4 Å². The summed E-state index contributed by atoms with van der Waals surface area (Å²) in [6.45, 7) is -1.46. The van der Waals surface area contributed by atoms with Crippen molar-refractivity contribution in [3.8, 4) is 0 Å². The average Bonchev–Trinajstić information content (AvgIpc) is 2.17. The molecule has 0 atom stereocenters. The molecule has 1 aromatic rings. The molecule has 16 heavy (non-hydrogen) atoms. The normalized spacial score (nSPS) is 11.2. The fourth-order valence-corrected chi connectivity index (χ4v) is 0.951. The molecule has 0 saturated heterocycles. The van der Waals surface area contributed by atoms with Crippen LogP contribution in [0.15, 0.2) is 18.2 Å². The smallest absolute Gasteiger partial charge is 0.396 e. The topological polar surface area (TPSA) is 55.1 Å². The van der Waals surface area contributed by atoms with Gasteiger partial charge in [0.15, 0.2) is 0 Å². The summed E-state index contributed by atoms with van der Waals surface area (Å²) in [6, 6.07) is 3.03. The second-order valence-corrected chi connectivity index (χ2v) is 3.03. The minimum atomic E-state index is -4.50. The molecule has 3 N–H and O–H groups in total. The van der Waals surface area contributed by atoms with Crippen molar-refractivity contribution in [1.82, 2.24) is 5.32 Å². The number of carbonyl (C=O) groups excluding carboxylic acids is 1. The summed E-state index contributed by atoms with van der Waals surface area (Å²) in [5, 5.41) is 1.61. The minimum absolute atomic E-state index is 0.174. The van der Waals surface area contributed by atoms with Crippen LogP contribution in [-0.4, -0.2) is 18.6 Å². The quantitative estimate of drug-likeness (QED) is 0.606. The van der Waals surface area contributed by atoms with E-state index in [9.17, 15) is 22.4 Å². The number of carbonyl (C=O) groups is 1. The van der Waals surface area contributed by atoms with Crippen molar-refractivity contribution in [3.05, 3.63) is 29.6 Å². The molecule has 0 aliphatic carbocycles. The third kappa shape index (κ3) is 3.41. The van der Waals surface area contributed by atoms with Crippen LogP contribution in [0.3, 0.4) is 0 Å². The van der Waals surface area contributed by atoms with Gasteiger partial charge >= 0.3 is 6.18 Å². The van der Waals surface area contributed by atoms with Gasteiger partial charge < -0.3 is 11.1 Å². The fourth-order valence-electron chi connectivity index (χ4n) is 0.951. The number of nitrogens with one attached hydrogen (secondary N) is 1. The lowest BCUT2D eigenvalue weighted by Gasteiger charge is -2.08. The molecular formula is C9H8F4N2O. The van der Waals surface area contributed by atoms with Gasteiger partial charge in [-0.05, 0) is 18.2 Å². The van der Waals surface area contributed by atoms with Crippen molar-refractivity contribution in [2.75, 3.05) is 12.3 Å². The lowest BCUT2D eigenvalue weighted by Crippen LogP contribution is -2.33. The predicted octanol–water partition coefficient (Wildman–Crippen LogP) is 1.70. The number of hydrogen-bond acceptors (Lipinski definition) is 2. The maximum absolute atomic E-state index is 12.9. The molecule has 0 spiro atoms. The Morgan fingerprint density at radius 3 is 2.50 bits per heavy atom. The van der Waals surface area contributed by atoms with Crippen LogP contribution < -0.4 is 11.1 Å². The molecule has 1 aromatic carbocycles. The molecule has 0 bridgehead atoms. The third-order valence-corrected chi connectivity index (χ3v) is 1.71. The lowest BCUT2D eigenvalue weighted by atomic mass is 10.2. The number of amides is 1. The molecule has 88 valence electrons. The molecule has 1 rings (SSSR count). The summed E-state index contributed by atoms with van der Waals surface area (Å²) < 4.78 is 48.2. The number of anilines is 1. The Kier molecular flexibility index (Phi) is 3.36. The Morgan fingerprint density at radius 2 is 2.00 bits per heavy atom. The minimum Gasteiger partial charge on any atom is -0.396 e. The first-order chi connectivity index (χ1) is 7.29. The van der Waals surface area contributed by atoms with Crippen molar-refractivity contribution in [1.29, 1.82) is 0 Å². The number of halogens is 4. The number of alkyl halides is 3. The first-order valence-corrected chi connectivity index (χ1v) is 4.19. The molecule has 0 aliphatic rings. The molecule has 7 heteroatoms. The second-order valence-electron chi connectivity index (χ2n) is 3.03. The van der Waals surface area contributed by atoms with E-state index in [1.54, 1.807) is 5.32 Å². The van der Waals surface area contributed by atoms with Gasteiger partial charge in [-0.3, -0.25) is 4.79 Å². The fraction of sp³-hybridized carbons (Fsp3) is 0.222. The molecule has 1 amide bonds. The zero-order valence-electron chi connectivity index (χ0n) is 7.94. The third-order valence-electron chi connectivity index (χ3n) is 1.71. The number of hydrogen-bond donors (Lipinski definition) is 2. The van der Waals surface area contributed by atoms with E-state index in [1.165, 1.54) is 0 Å². The SMILES string of the molecule is Nc1ccc(C(=O)NCC(F)(F)F)cc1F. The number of nitrogens with two attached hydrogens (primary N) is 1. The van der Waals surface area contributed by atoms with Crippen molar-refractivity contribution in [2.24, 2.45) is 0 Å². The van der Waals surface area contributed by atoms with E-state index in [4.69, 9.17) is 5.73 Å². The Balaban J connectivity index is 2.70. The van der Waals surface area contributed by atoms with Crippen molar-refractivity contribution in [3.63, 3.8) is 0 Å². The van der Waals surface area contributed by atoms with Crippen LogP contribution in [0.25, 0.3) is 0 Å². The van der Waals surface area contributed by atoms with E-state index >= 15 is 0 Å². The van der Waals surface area contributed by atoms with Gasteiger partial charge in [0.2, 0.25) is 0 Å². The van der Waals surface area contributed by atoms with E-state index in [-0.39, 0.29) is 11.3 Å². The average molecular weight is 236 g/mol. The van der Waals surface area contributed by atoms with Crippen molar-refractivity contribution < 1.29 is 22.4 Å². The van der Waals surface area contributed by atoms with Gasteiger partial charge in [0, 0.05) is 5.56 Å². The van der Waals surface area contributed by atoms with E-state index in [1.807, 2.05) is 0 Å². The standard InChI is InChI=1S/C9H8F4N2O/c10-6-3-5(1-2-7(6)14)8(16)15-4-9(11,12)13/h1-3H,4,14H2,(H,15,16). The maximum Gasteiger partial charge on any atom is 0.405 e. The Morgan fingerprint density at radius 1 is 1.38 bits per heavy atom. The number of rotatable bonds is 2. The van der Waals surface area contributed by atoms with Crippen LogP contribution in [0, 0.1) is 5.82 Å². The van der Waals surface area contributed by atoms with Crippen LogP contribution in [-0.2, 0) is 0 Å². The molecule has 0 unspecified atom stereocenters. The van der Waals surface area contributed by atoms with Crippen molar-refractivity contribution in [2.45, 2.75) is 6.18 Å². The van der Waals surface area contributed by atoms with Crippen LogP contribution in [0.4, 0.5) is 23.2 Å². The van der Waals surface area contributed by atoms with E-state index in [0.29, 0.717) is 0 Å². The zero-order chi connectivity index (χ0) is 12.3. The monoisotopic (exact) mass is 236 g/mol. The van der Waals surface area contributed by atoms with Crippen LogP contribution >= 0.6 is 0 Å². The summed E-state index contributed by atoms with van der Waals surface area (Å²) in [5.41, 5.74) is 4.76. The molecule has 0 fully saturated rings. The predicted molar refractivity (Wildman–Crippen MR) is 49.2 cm³/mol. The van der Waals surface area contributed by atoms with E-state index < -0.39 is 24.4 Å². The van der Waals surface area contributed by atoms with Crippen molar-refractivity contribution >= 4 is 11.6 Å². The molecule has 0 aliphatic heterocycles. The Labute approximate surface area is 88.2 Å². The Hall–Kier alpha value is -1.79. The molecule has 0 saturated carbocycles. The summed E-state index contributed by atoms with van der Waals surface area (Å²) in [4.78, 5) is 11.1. The first-order valence-electron chi connectivity index (χ1n) is 4.19. The summed E-state index contributed by atoms with van der Waals surface area (Å²) >= 11 is 0. The zero-order valence-corrected chi connectivity index (χ0v) is 7.94. The van der Waals surface area contributed by atoms with Gasteiger partial charge in [-0.1, -0.05) is 0 Å². The van der Waals surface area contributed by atoms with Crippen LogP contribution in [0.5, 0.6) is 0 Å². The summed E-state index contributed by atoms with van der Waals surface area (Å²) in [6.07, 6.45) is -4.50. The molecule has 0 radical (unpaired) electrons. The van der Waals surface area contributed by atoms with E-state index in [2.05, 4.69) is 0 Å². The van der Waals surface area contributed by atoms with Gasteiger partial charge in [0.25, 0.3) is 5.91 Å². The van der Waals surface area contributed by atoms with Crippen LogP contribution in [0.2, 0.25) is 0 Å². The largest absolute Gasteiger partial charge is 0.405 e. The molecule has 0 heterocycles. The molecule has 3 nitrogen and oxygen atoms in total. The highest BCUT2D eigenvalue weighted by Gasteiger charge is 2.27. The number of nitrogen functional groups attached to an aromatic ring is 1. The van der Waals surface area contributed by atoms with Gasteiger partial charge in [-0.2, -0.15) is 13.2 Å². The van der Waals surface area contributed by atoms with Gasteiger partial charge in [-0.25, -0.2) is 4.39 Å². The molecular weight excluding hydrogens is 228 g/mol. The highest BCUT2D eigenvalue weighted by molar-refractivity contribution is 5.94. The molecule has 0 aromatic heterocycles. The number of benzene rings is 1. The Bertz CT molecular complexity index is 403. The van der Waals surface area contributed by atoms with Gasteiger partial charge in [0.05, 0.1) is 5.69 Å². The summed E-state index contributed by atoms with van der Waals surface area (Å²) in [5.74, 6) is -1.85. The summed E-state index contributed by atoms with van der Waals surface area (Å²) in [7, 11) is 0. The lowest BCUT2D eigenvalue weighted by molar-refractivity contribution is -0.123. The maximum atomic E-state index is 12.9. The highest BCUT2D eigenvalue weighted by atomic mass is 19.4. The highest BCUT2D eigenvalue weighted by Crippen LogP contribution is 2.14. The first kappa shape index (κ1) is 12.3. The van der Waals surface area contributed by atoms with Gasteiger partial charge in [-0.15, -0.1) is 0 Å².